The number of amides is 1. The predicted octanol–water partition coefficient (Wildman–Crippen LogP) is 4.69. The molecule has 1 amide bonds. The Morgan fingerprint density at radius 3 is 2.50 bits per heavy atom. The van der Waals surface area contributed by atoms with Gasteiger partial charge < -0.3 is 5.32 Å². The maximum absolute atomic E-state index is 12.1. The molecule has 0 spiro atoms. The van der Waals surface area contributed by atoms with Gasteiger partial charge in [-0.1, -0.05) is 22.0 Å². The van der Waals surface area contributed by atoms with Crippen molar-refractivity contribution in [3.63, 3.8) is 0 Å². The van der Waals surface area contributed by atoms with Crippen LogP contribution in [-0.2, 0) is 0 Å². The second kappa shape index (κ2) is 5.24. The topological polar surface area (TPSA) is 29.1 Å². The third-order valence-electron chi connectivity index (χ3n) is 2.84. The molecule has 0 unspecified atom stereocenters. The van der Waals surface area contributed by atoms with Gasteiger partial charge in [0.05, 0.1) is 4.88 Å². The van der Waals surface area contributed by atoms with Crippen LogP contribution in [-0.4, -0.2) is 5.91 Å². The molecule has 94 valence electrons. The van der Waals surface area contributed by atoms with Crippen molar-refractivity contribution in [1.82, 2.24) is 0 Å². The van der Waals surface area contributed by atoms with Gasteiger partial charge in [-0.05, 0) is 50.1 Å². The van der Waals surface area contributed by atoms with Gasteiger partial charge in [0, 0.05) is 15.0 Å². The van der Waals surface area contributed by atoms with Crippen LogP contribution in [0.1, 0.15) is 25.7 Å². The molecule has 2 rings (SSSR count). The maximum Gasteiger partial charge on any atom is 0.265 e. The summed E-state index contributed by atoms with van der Waals surface area (Å²) >= 11 is 4.94. The number of carbonyl (C=O) groups is 1. The highest BCUT2D eigenvalue weighted by Crippen LogP contribution is 2.24. The summed E-state index contributed by atoms with van der Waals surface area (Å²) < 4.78 is 0.960. The van der Waals surface area contributed by atoms with Crippen molar-refractivity contribution in [2.75, 3.05) is 5.32 Å². The van der Waals surface area contributed by atoms with E-state index in [1.165, 1.54) is 16.2 Å². The minimum Gasteiger partial charge on any atom is -0.321 e. The molecule has 1 aromatic carbocycles. The highest BCUT2D eigenvalue weighted by molar-refractivity contribution is 9.10. The lowest BCUT2D eigenvalue weighted by atomic mass is 10.2. The van der Waals surface area contributed by atoms with Crippen LogP contribution in [0.25, 0.3) is 0 Å². The molecule has 18 heavy (non-hydrogen) atoms. The Morgan fingerprint density at radius 2 is 1.89 bits per heavy atom. The summed E-state index contributed by atoms with van der Waals surface area (Å²) in [6.07, 6.45) is 0. The number of rotatable bonds is 2. The molecular weight excluding hydrogens is 310 g/mol. The fourth-order valence-electron chi connectivity index (χ4n) is 1.60. The Morgan fingerprint density at radius 1 is 1.17 bits per heavy atom. The van der Waals surface area contributed by atoms with E-state index >= 15 is 0 Å². The SMILES string of the molecule is Cc1ccc(Br)cc1NC(=O)c1cc(C)c(C)s1. The third kappa shape index (κ3) is 2.82. The van der Waals surface area contributed by atoms with Gasteiger partial charge in [0.1, 0.15) is 0 Å². The van der Waals surface area contributed by atoms with E-state index in [1.807, 2.05) is 45.0 Å². The van der Waals surface area contributed by atoms with E-state index in [0.717, 1.165) is 26.2 Å². The first-order chi connectivity index (χ1) is 8.47. The van der Waals surface area contributed by atoms with E-state index in [9.17, 15) is 4.79 Å². The molecule has 1 heterocycles. The molecule has 0 saturated carbocycles. The van der Waals surface area contributed by atoms with Crippen molar-refractivity contribution in [2.24, 2.45) is 0 Å². The molecule has 2 nitrogen and oxygen atoms in total. The van der Waals surface area contributed by atoms with Crippen molar-refractivity contribution < 1.29 is 4.79 Å². The number of carbonyl (C=O) groups excluding carboxylic acids is 1. The number of hydrogen-bond donors (Lipinski definition) is 1. The van der Waals surface area contributed by atoms with Gasteiger partial charge in [0.2, 0.25) is 0 Å². The van der Waals surface area contributed by atoms with Crippen molar-refractivity contribution >= 4 is 38.9 Å². The number of hydrogen-bond acceptors (Lipinski definition) is 2. The van der Waals surface area contributed by atoms with E-state index < -0.39 is 0 Å². The maximum atomic E-state index is 12.1. The minimum absolute atomic E-state index is 0.0441. The largest absolute Gasteiger partial charge is 0.321 e. The van der Waals surface area contributed by atoms with E-state index in [0.29, 0.717) is 0 Å². The van der Waals surface area contributed by atoms with Gasteiger partial charge >= 0.3 is 0 Å². The number of thiophene rings is 1. The second-order valence-corrected chi connectivity index (χ2v) is 6.44. The Balaban J connectivity index is 2.23. The van der Waals surface area contributed by atoms with Crippen molar-refractivity contribution in [2.45, 2.75) is 20.8 Å². The lowest BCUT2D eigenvalue weighted by Crippen LogP contribution is -2.11. The van der Waals surface area contributed by atoms with Crippen LogP contribution in [0.4, 0.5) is 5.69 Å². The zero-order valence-corrected chi connectivity index (χ0v) is 12.9. The number of benzene rings is 1. The summed E-state index contributed by atoms with van der Waals surface area (Å²) in [7, 11) is 0. The van der Waals surface area contributed by atoms with Crippen LogP contribution < -0.4 is 5.32 Å². The van der Waals surface area contributed by atoms with Gasteiger partial charge in [-0.25, -0.2) is 0 Å². The molecule has 0 aliphatic rings. The summed E-state index contributed by atoms with van der Waals surface area (Å²) in [6, 6.07) is 7.79. The fourth-order valence-corrected chi connectivity index (χ4v) is 2.89. The summed E-state index contributed by atoms with van der Waals surface area (Å²) in [6.45, 7) is 6.03. The highest BCUT2D eigenvalue weighted by Gasteiger charge is 2.11. The Hall–Kier alpha value is -1.13. The summed E-state index contributed by atoms with van der Waals surface area (Å²) in [5.41, 5.74) is 3.06. The number of halogens is 1. The van der Waals surface area contributed by atoms with Crippen LogP contribution in [0.15, 0.2) is 28.7 Å². The third-order valence-corrected chi connectivity index (χ3v) is 4.48. The zero-order chi connectivity index (χ0) is 13.3. The lowest BCUT2D eigenvalue weighted by molar-refractivity contribution is 0.103. The number of nitrogens with one attached hydrogen (secondary N) is 1. The monoisotopic (exact) mass is 323 g/mol. The fraction of sp³-hybridized carbons (Fsp3) is 0.214. The van der Waals surface area contributed by atoms with Crippen LogP contribution in [0.2, 0.25) is 0 Å². The average molecular weight is 324 g/mol. The molecule has 0 aliphatic carbocycles. The molecule has 0 fully saturated rings. The second-order valence-electron chi connectivity index (χ2n) is 4.26. The van der Waals surface area contributed by atoms with Crippen molar-refractivity contribution in [3.05, 3.63) is 49.6 Å². The summed E-state index contributed by atoms with van der Waals surface area (Å²) in [5, 5.41) is 2.95. The number of aryl methyl sites for hydroxylation is 3. The molecule has 2 aromatic rings. The Labute approximate surface area is 119 Å². The average Bonchev–Trinajstić information content (AvgIpc) is 2.64. The molecule has 0 radical (unpaired) electrons. The van der Waals surface area contributed by atoms with E-state index in [4.69, 9.17) is 0 Å². The number of anilines is 1. The van der Waals surface area contributed by atoms with Crippen LogP contribution in [0, 0.1) is 20.8 Å². The van der Waals surface area contributed by atoms with Crippen molar-refractivity contribution in [3.8, 4) is 0 Å². The molecular formula is C14H14BrNOS. The van der Waals surface area contributed by atoms with Crippen LogP contribution in [0.5, 0.6) is 0 Å². The summed E-state index contributed by atoms with van der Waals surface area (Å²) in [4.78, 5) is 14.1. The summed E-state index contributed by atoms with van der Waals surface area (Å²) in [5.74, 6) is -0.0441. The van der Waals surface area contributed by atoms with Gasteiger partial charge in [-0.3, -0.25) is 4.79 Å². The lowest BCUT2D eigenvalue weighted by Gasteiger charge is -2.07. The van der Waals surface area contributed by atoms with E-state index in [-0.39, 0.29) is 5.91 Å². The molecule has 1 aromatic heterocycles. The van der Waals surface area contributed by atoms with Gasteiger partial charge in [0.25, 0.3) is 5.91 Å². The first-order valence-corrected chi connectivity index (χ1v) is 7.23. The smallest absolute Gasteiger partial charge is 0.265 e. The van der Waals surface area contributed by atoms with Gasteiger partial charge in [-0.15, -0.1) is 11.3 Å². The predicted molar refractivity (Wildman–Crippen MR) is 80.6 cm³/mol. The van der Waals surface area contributed by atoms with Gasteiger partial charge in [0.15, 0.2) is 0 Å². The standard InChI is InChI=1S/C14H14BrNOS/c1-8-4-5-11(15)7-12(8)16-14(17)13-6-9(2)10(3)18-13/h4-7H,1-3H3,(H,16,17). The molecule has 0 saturated heterocycles. The molecule has 4 heteroatoms. The highest BCUT2D eigenvalue weighted by atomic mass is 79.9. The molecule has 0 bridgehead atoms. The van der Waals surface area contributed by atoms with E-state index in [2.05, 4.69) is 21.2 Å². The van der Waals surface area contributed by atoms with Crippen LogP contribution >= 0.6 is 27.3 Å². The van der Waals surface area contributed by atoms with E-state index in [1.54, 1.807) is 0 Å². The Bertz CT molecular complexity index is 584. The van der Waals surface area contributed by atoms with Gasteiger partial charge in [-0.2, -0.15) is 0 Å². The first-order valence-electron chi connectivity index (χ1n) is 5.62. The quantitative estimate of drug-likeness (QED) is 0.853. The normalized spacial score (nSPS) is 10.4. The molecule has 0 aliphatic heterocycles. The van der Waals surface area contributed by atoms with Crippen molar-refractivity contribution in [1.29, 1.82) is 0 Å². The molecule has 0 atom stereocenters. The van der Waals surface area contributed by atoms with Crippen LogP contribution in [0.3, 0.4) is 0 Å². The first kappa shape index (κ1) is 13.3. The Kier molecular flexibility index (Phi) is 3.88. The minimum atomic E-state index is -0.0441. The zero-order valence-electron chi connectivity index (χ0n) is 10.5. The molecule has 1 N–H and O–H groups in total.